The number of aliphatic hydroxyl groups is 1. The molecule has 0 aliphatic carbocycles. The summed E-state index contributed by atoms with van der Waals surface area (Å²) in [5.41, 5.74) is 0.478. The predicted octanol–water partition coefficient (Wildman–Crippen LogP) is 2.53. The van der Waals surface area contributed by atoms with E-state index in [-0.39, 0.29) is 6.04 Å². The van der Waals surface area contributed by atoms with Crippen molar-refractivity contribution in [2.75, 3.05) is 12.4 Å². The number of benzene rings is 1. The molecule has 0 saturated heterocycles. The SMILES string of the molecule is CCC(C)n1nccc1NC(=O)C(O)c1cccc(OC)c1. The summed E-state index contributed by atoms with van der Waals surface area (Å²) in [5, 5.41) is 17.1. The molecule has 2 N–H and O–H groups in total. The first-order valence-electron chi connectivity index (χ1n) is 7.23. The van der Waals surface area contributed by atoms with Crippen LogP contribution in [0.25, 0.3) is 0 Å². The molecule has 0 spiro atoms. The first-order chi connectivity index (χ1) is 10.6. The van der Waals surface area contributed by atoms with E-state index >= 15 is 0 Å². The Morgan fingerprint density at radius 2 is 2.23 bits per heavy atom. The first-order valence-corrected chi connectivity index (χ1v) is 7.23. The van der Waals surface area contributed by atoms with Gasteiger partial charge in [-0.15, -0.1) is 0 Å². The zero-order valence-electron chi connectivity index (χ0n) is 13.0. The van der Waals surface area contributed by atoms with Crippen LogP contribution in [0.3, 0.4) is 0 Å². The van der Waals surface area contributed by atoms with Crippen molar-refractivity contribution in [3.05, 3.63) is 42.1 Å². The Bertz CT molecular complexity index is 639. The molecule has 118 valence electrons. The lowest BCUT2D eigenvalue weighted by atomic mass is 10.1. The molecule has 2 unspecified atom stereocenters. The maximum Gasteiger partial charge on any atom is 0.258 e. The third-order valence-electron chi connectivity index (χ3n) is 3.59. The van der Waals surface area contributed by atoms with Crippen molar-refractivity contribution in [1.82, 2.24) is 9.78 Å². The van der Waals surface area contributed by atoms with Gasteiger partial charge in [-0.25, -0.2) is 4.68 Å². The molecule has 6 heteroatoms. The number of ether oxygens (including phenoxy) is 1. The number of aliphatic hydroxyl groups excluding tert-OH is 1. The van der Waals surface area contributed by atoms with Crippen LogP contribution in [0.5, 0.6) is 5.75 Å². The molecule has 0 fully saturated rings. The number of hydrogen-bond donors (Lipinski definition) is 2. The van der Waals surface area contributed by atoms with Gasteiger partial charge in [-0.2, -0.15) is 5.10 Å². The van der Waals surface area contributed by atoms with E-state index in [4.69, 9.17) is 4.74 Å². The van der Waals surface area contributed by atoms with E-state index in [9.17, 15) is 9.90 Å². The van der Waals surface area contributed by atoms with Crippen LogP contribution in [0, 0.1) is 0 Å². The smallest absolute Gasteiger partial charge is 0.258 e. The van der Waals surface area contributed by atoms with E-state index < -0.39 is 12.0 Å². The fraction of sp³-hybridized carbons (Fsp3) is 0.375. The van der Waals surface area contributed by atoms with Gasteiger partial charge in [0.1, 0.15) is 11.6 Å². The Hall–Kier alpha value is -2.34. The molecule has 6 nitrogen and oxygen atoms in total. The number of hydrogen-bond acceptors (Lipinski definition) is 4. The number of nitrogens with zero attached hydrogens (tertiary/aromatic N) is 2. The van der Waals surface area contributed by atoms with Crippen molar-refractivity contribution in [1.29, 1.82) is 0 Å². The van der Waals surface area contributed by atoms with E-state index in [0.29, 0.717) is 17.1 Å². The number of aromatic nitrogens is 2. The van der Waals surface area contributed by atoms with Crippen molar-refractivity contribution in [2.24, 2.45) is 0 Å². The fourth-order valence-electron chi connectivity index (χ4n) is 2.10. The van der Waals surface area contributed by atoms with E-state index in [1.54, 1.807) is 41.2 Å². The highest BCUT2D eigenvalue weighted by atomic mass is 16.5. The standard InChI is InChI=1S/C16H21N3O3/c1-4-11(2)19-14(8-9-17-19)18-16(21)15(20)12-6-5-7-13(10-12)22-3/h5-11,15,20H,4H2,1-3H3,(H,18,21). The zero-order valence-corrected chi connectivity index (χ0v) is 13.0. The topological polar surface area (TPSA) is 76.4 Å². The maximum absolute atomic E-state index is 12.2. The fourth-order valence-corrected chi connectivity index (χ4v) is 2.10. The number of anilines is 1. The number of rotatable bonds is 6. The van der Waals surface area contributed by atoms with Gasteiger partial charge in [-0.1, -0.05) is 19.1 Å². The highest BCUT2D eigenvalue weighted by molar-refractivity contribution is 5.94. The van der Waals surface area contributed by atoms with Gasteiger partial charge < -0.3 is 15.2 Å². The van der Waals surface area contributed by atoms with Crippen LogP contribution >= 0.6 is 0 Å². The Morgan fingerprint density at radius 3 is 2.91 bits per heavy atom. The molecule has 1 heterocycles. The summed E-state index contributed by atoms with van der Waals surface area (Å²) >= 11 is 0. The molecule has 2 atom stereocenters. The summed E-state index contributed by atoms with van der Waals surface area (Å²) in [6.45, 7) is 4.06. The van der Waals surface area contributed by atoms with Gasteiger partial charge in [0.15, 0.2) is 6.10 Å². The van der Waals surface area contributed by atoms with Crippen LogP contribution in [-0.2, 0) is 4.79 Å². The molecule has 1 aromatic carbocycles. The van der Waals surface area contributed by atoms with E-state index in [0.717, 1.165) is 6.42 Å². The van der Waals surface area contributed by atoms with Crippen LogP contribution in [0.1, 0.15) is 38.0 Å². The summed E-state index contributed by atoms with van der Waals surface area (Å²) in [6.07, 6.45) is 1.25. The van der Waals surface area contributed by atoms with E-state index in [1.807, 2.05) is 13.8 Å². The third-order valence-corrected chi connectivity index (χ3v) is 3.59. The molecule has 0 saturated carbocycles. The molecular formula is C16H21N3O3. The molecule has 22 heavy (non-hydrogen) atoms. The molecule has 0 aliphatic rings. The lowest BCUT2D eigenvalue weighted by molar-refractivity contribution is -0.124. The second-order valence-electron chi connectivity index (χ2n) is 5.09. The van der Waals surface area contributed by atoms with Gasteiger partial charge in [0.25, 0.3) is 5.91 Å². The molecule has 1 amide bonds. The summed E-state index contributed by atoms with van der Waals surface area (Å²) in [6, 6.07) is 8.68. The minimum atomic E-state index is -1.27. The predicted molar refractivity (Wildman–Crippen MR) is 83.8 cm³/mol. The Labute approximate surface area is 129 Å². The second-order valence-corrected chi connectivity index (χ2v) is 5.09. The van der Waals surface area contributed by atoms with Crippen LogP contribution in [0.4, 0.5) is 5.82 Å². The van der Waals surface area contributed by atoms with Gasteiger partial charge in [0.2, 0.25) is 0 Å². The molecule has 2 rings (SSSR count). The Kier molecular flexibility index (Phi) is 5.16. The van der Waals surface area contributed by atoms with Gasteiger partial charge in [0.05, 0.1) is 19.3 Å². The van der Waals surface area contributed by atoms with Crippen LogP contribution in [0.15, 0.2) is 36.5 Å². The Balaban J connectivity index is 2.13. The van der Waals surface area contributed by atoms with Gasteiger partial charge in [-0.3, -0.25) is 4.79 Å². The average molecular weight is 303 g/mol. The molecule has 0 radical (unpaired) electrons. The maximum atomic E-state index is 12.2. The van der Waals surface area contributed by atoms with Gasteiger partial charge >= 0.3 is 0 Å². The number of methoxy groups -OCH3 is 1. The van der Waals surface area contributed by atoms with E-state index in [1.165, 1.54) is 7.11 Å². The summed E-state index contributed by atoms with van der Waals surface area (Å²) in [5.74, 6) is 0.661. The highest BCUT2D eigenvalue weighted by Crippen LogP contribution is 2.22. The van der Waals surface area contributed by atoms with Gasteiger partial charge in [-0.05, 0) is 31.0 Å². The normalized spacial score (nSPS) is 13.5. The molecule has 0 aliphatic heterocycles. The zero-order chi connectivity index (χ0) is 16.1. The number of carbonyl (C=O) groups excluding carboxylic acids is 1. The number of amides is 1. The molecule has 1 aromatic heterocycles. The van der Waals surface area contributed by atoms with Crippen LogP contribution in [0.2, 0.25) is 0 Å². The summed E-state index contributed by atoms with van der Waals surface area (Å²) in [7, 11) is 1.54. The van der Waals surface area contributed by atoms with E-state index in [2.05, 4.69) is 10.4 Å². The van der Waals surface area contributed by atoms with Gasteiger partial charge in [0, 0.05) is 6.07 Å². The van der Waals surface area contributed by atoms with Crippen LogP contribution < -0.4 is 10.1 Å². The largest absolute Gasteiger partial charge is 0.497 e. The second kappa shape index (κ2) is 7.09. The summed E-state index contributed by atoms with van der Waals surface area (Å²) < 4.78 is 6.83. The molecule has 2 aromatic rings. The van der Waals surface area contributed by atoms with Crippen molar-refractivity contribution in [2.45, 2.75) is 32.4 Å². The number of nitrogens with one attached hydrogen (secondary N) is 1. The first kappa shape index (κ1) is 16.0. The summed E-state index contributed by atoms with van der Waals surface area (Å²) in [4.78, 5) is 12.2. The lowest BCUT2D eigenvalue weighted by Crippen LogP contribution is -2.23. The third kappa shape index (κ3) is 3.46. The van der Waals surface area contributed by atoms with Crippen molar-refractivity contribution in [3.63, 3.8) is 0 Å². The van der Waals surface area contributed by atoms with Crippen molar-refractivity contribution < 1.29 is 14.6 Å². The Morgan fingerprint density at radius 1 is 1.45 bits per heavy atom. The average Bonchev–Trinajstić information content (AvgIpc) is 3.01. The molecular weight excluding hydrogens is 282 g/mol. The highest BCUT2D eigenvalue weighted by Gasteiger charge is 2.20. The number of carbonyl (C=O) groups is 1. The quantitative estimate of drug-likeness (QED) is 0.860. The van der Waals surface area contributed by atoms with Crippen molar-refractivity contribution >= 4 is 11.7 Å². The monoisotopic (exact) mass is 303 g/mol. The van der Waals surface area contributed by atoms with Crippen molar-refractivity contribution in [3.8, 4) is 5.75 Å². The minimum Gasteiger partial charge on any atom is -0.497 e. The lowest BCUT2D eigenvalue weighted by Gasteiger charge is -2.16. The minimum absolute atomic E-state index is 0.166. The molecule has 0 bridgehead atoms. The van der Waals surface area contributed by atoms with Crippen LogP contribution in [-0.4, -0.2) is 27.9 Å².